The summed E-state index contributed by atoms with van der Waals surface area (Å²) in [6.45, 7) is 11.8. The Kier molecular flexibility index (Phi) is 9.22. The Labute approximate surface area is 171 Å². The first-order valence-corrected chi connectivity index (χ1v) is 9.73. The van der Waals surface area contributed by atoms with Crippen molar-refractivity contribution >= 4 is 22.9 Å². The van der Waals surface area contributed by atoms with E-state index in [1.165, 1.54) is 0 Å². The molecule has 0 radical (unpaired) electrons. The molecule has 0 aliphatic heterocycles. The van der Waals surface area contributed by atoms with E-state index in [1.54, 1.807) is 6.92 Å². The maximum atomic E-state index is 12.8. The molecule has 1 aromatic carbocycles. The van der Waals surface area contributed by atoms with Gasteiger partial charge in [-0.2, -0.15) is 13.2 Å². The summed E-state index contributed by atoms with van der Waals surface area (Å²) < 4.78 is 38.4. The first kappa shape index (κ1) is 24.2. The van der Waals surface area contributed by atoms with Crippen molar-refractivity contribution in [3.8, 4) is 0 Å². The summed E-state index contributed by atoms with van der Waals surface area (Å²) in [5.74, 6) is 0. The number of aryl methyl sites for hydroxylation is 2. The Morgan fingerprint density at radius 1 is 1.29 bits per heavy atom. The highest BCUT2D eigenvalue weighted by Crippen LogP contribution is 2.33. The maximum absolute atomic E-state index is 12.8. The molecule has 0 aliphatic rings. The van der Waals surface area contributed by atoms with Crippen molar-refractivity contribution in [2.45, 2.75) is 59.6 Å². The Morgan fingerprint density at radius 3 is 2.39 bits per heavy atom. The van der Waals surface area contributed by atoms with E-state index in [0.29, 0.717) is 23.4 Å². The third-order valence-corrected chi connectivity index (χ3v) is 4.98. The number of halogens is 4. The van der Waals surface area contributed by atoms with Gasteiger partial charge in [0.05, 0.1) is 0 Å². The molecule has 0 amide bonds. The normalized spacial score (nSPS) is 13.8. The van der Waals surface area contributed by atoms with Gasteiger partial charge < -0.3 is 0 Å². The van der Waals surface area contributed by atoms with Gasteiger partial charge in [-0.1, -0.05) is 48.4 Å². The Balaban J connectivity index is 3.00. The highest BCUT2D eigenvalue weighted by molar-refractivity contribution is 6.32. The minimum atomic E-state index is -4.43. The van der Waals surface area contributed by atoms with E-state index in [9.17, 15) is 13.2 Å². The van der Waals surface area contributed by atoms with Crippen LogP contribution in [0.2, 0.25) is 5.02 Å². The molecular weight excluding hydrogens is 383 g/mol. The molecule has 1 nitrogen and oxygen atoms in total. The monoisotopic (exact) mass is 411 g/mol. The molecule has 0 saturated heterocycles. The van der Waals surface area contributed by atoms with Crippen LogP contribution in [0.5, 0.6) is 0 Å². The molecule has 0 N–H and O–H groups in total. The third-order valence-electron chi connectivity index (χ3n) is 4.68. The lowest BCUT2D eigenvalue weighted by Crippen LogP contribution is -2.21. The quantitative estimate of drug-likeness (QED) is 0.304. The summed E-state index contributed by atoms with van der Waals surface area (Å²) >= 11 is 6.56. The van der Waals surface area contributed by atoms with Crippen LogP contribution >= 0.6 is 11.6 Å². The van der Waals surface area contributed by atoms with E-state index in [1.807, 2.05) is 19.9 Å². The Hall–Kier alpha value is -1.81. The zero-order valence-electron chi connectivity index (χ0n) is 17.3. The van der Waals surface area contributed by atoms with Crippen molar-refractivity contribution < 1.29 is 13.2 Å². The largest absolute Gasteiger partial charge is 0.432 e. The zero-order chi connectivity index (χ0) is 21.5. The summed E-state index contributed by atoms with van der Waals surface area (Å²) in [7, 11) is 1.15. The molecule has 1 aromatic rings. The number of allylic oxidation sites excluding steroid dienone is 5. The minimum Gasteiger partial charge on any atom is -0.284 e. The van der Waals surface area contributed by atoms with E-state index in [4.69, 9.17) is 11.6 Å². The fraction of sp³-hybridized carbons (Fsp3) is 0.435. The number of hydrogen-bond acceptors (Lipinski definition) is 1. The summed E-state index contributed by atoms with van der Waals surface area (Å²) in [4.78, 5) is 3.33. The average molecular weight is 412 g/mol. The van der Waals surface area contributed by atoms with Crippen molar-refractivity contribution in [2.75, 3.05) is 7.05 Å². The van der Waals surface area contributed by atoms with Crippen LogP contribution in [0, 0.1) is 6.92 Å². The topological polar surface area (TPSA) is 12.4 Å². The second kappa shape index (κ2) is 10.7. The second-order valence-electron chi connectivity index (χ2n) is 6.96. The molecule has 0 spiro atoms. The molecule has 154 valence electrons. The fourth-order valence-electron chi connectivity index (χ4n) is 3.02. The molecule has 0 saturated carbocycles. The fourth-order valence-corrected chi connectivity index (χ4v) is 3.43. The lowest BCUT2D eigenvalue weighted by atomic mass is 9.92. The Bertz CT molecular complexity index is 776. The highest BCUT2D eigenvalue weighted by Gasteiger charge is 2.33. The predicted molar refractivity (Wildman–Crippen MR) is 115 cm³/mol. The van der Waals surface area contributed by atoms with Gasteiger partial charge in [-0.05, 0) is 80.9 Å². The van der Waals surface area contributed by atoms with Gasteiger partial charge >= 0.3 is 6.18 Å². The van der Waals surface area contributed by atoms with Gasteiger partial charge in [-0.15, -0.1) is 0 Å². The maximum Gasteiger partial charge on any atom is 0.432 e. The van der Waals surface area contributed by atoms with Gasteiger partial charge in [-0.3, -0.25) is 4.99 Å². The molecule has 0 unspecified atom stereocenters. The minimum absolute atomic E-state index is 0.507. The molecule has 0 fully saturated rings. The van der Waals surface area contributed by atoms with Gasteiger partial charge in [0.25, 0.3) is 0 Å². The smallest absolute Gasteiger partial charge is 0.284 e. The molecule has 0 aliphatic carbocycles. The Morgan fingerprint density at radius 2 is 1.93 bits per heavy atom. The summed E-state index contributed by atoms with van der Waals surface area (Å²) in [6, 6.07) is 3.97. The lowest BCUT2D eigenvalue weighted by Gasteiger charge is -2.16. The summed E-state index contributed by atoms with van der Waals surface area (Å²) in [6.07, 6.45) is 1.56. The third kappa shape index (κ3) is 6.97. The second-order valence-corrected chi connectivity index (χ2v) is 7.37. The van der Waals surface area contributed by atoms with Crippen LogP contribution in [0.4, 0.5) is 13.2 Å². The zero-order valence-corrected chi connectivity index (χ0v) is 18.1. The number of rotatable bonds is 8. The number of alkyl halides is 3. The van der Waals surface area contributed by atoms with Gasteiger partial charge in [0.15, 0.2) is 0 Å². The first-order chi connectivity index (χ1) is 13.0. The number of benzene rings is 1. The van der Waals surface area contributed by atoms with E-state index in [0.717, 1.165) is 53.8 Å². The van der Waals surface area contributed by atoms with Crippen LogP contribution in [-0.2, 0) is 6.42 Å². The summed E-state index contributed by atoms with van der Waals surface area (Å²) in [5.41, 5.74) is 5.15. The van der Waals surface area contributed by atoms with Crippen molar-refractivity contribution in [3.63, 3.8) is 0 Å². The van der Waals surface area contributed by atoms with Crippen molar-refractivity contribution in [1.29, 1.82) is 0 Å². The number of aliphatic imine (C=N–C) groups is 1. The van der Waals surface area contributed by atoms with Crippen molar-refractivity contribution in [2.24, 2.45) is 4.99 Å². The van der Waals surface area contributed by atoms with Gasteiger partial charge in [0, 0.05) is 12.1 Å². The number of nitrogens with zero attached hydrogens (tertiary/aromatic N) is 1. The van der Waals surface area contributed by atoms with Crippen LogP contribution < -0.4 is 0 Å². The van der Waals surface area contributed by atoms with Crippen LogP contribution in [0.1, 0.15) is 56.7 Å². The summed E-state index contributed by atoms with van der Waals surface area (Å²) in [5, 5.41) is 0.666. The standard InChI is InChI=1S/C23H29ClF3N/c1-7-15(3)11-19(8-2)22-17(5)13-18(14-20(22)24)10-9-16(4)12-21(28-6)23(25,26)27/h8,12-14H,3,7,9-11H2,1-2,4-6H3/b16-12+,19-8-,28-21?. The molecule has 0 atom stereocenters. The van der Waals surface area contributed by atoms with E-state index >= 15 is 0 Å². The molecule has 28 heavy (non-hydrogen) atoms. The van der Waals surface area contributed by atoms with Crippen molar-refractivity contribution in [3.05, 3.63) is 63.7 Å². The molecule has 0 aromatic heterocycles. The SMILES string of the molecule is C=C(CC)C/C(=C/C)c1c(C)cc(CC/C(C)=C/C(=NC)C(F)(F)F)cc1Cl. The molecular formula is C23H29ClF3N. The van der Waals surface area contributed by atoms with Crippen LogP contribution in [0.15, 0.2) is 47.0 Å². The predicted octanol–water partition coefficient (Wildman–Crippen LogP) is 7.92. The number of hydrogen-bond donors (Lipinski definition) is 0. The van der Waals surface area contributed by atoms with Gasteiger partial charge in [0.1, 0.15) is 5.71 Å². The van der Waals surface area contributed by atoms with Crippen LogP contribution in [-0.4, -0.2) is 18.9 Å². The van der Waals surface area contributed by atoms with Crippen LogP contribution in [0.3, 0.4) is 0 Å². The van der Waals surface area contributed by atoms with Gasteiger partial charge in [0.2, 0.25) is 0 Å². The van der Waals surface area contributed by atoms with E-state index in [-0.39, 0.29) is 0 Å². The molecule has 0 heterocycles. The highest BCUT2D eigenvalue weighted by atomic mass is 35.5. The molecule has 0 bridgehead atoms. The molecule has 5 heteroatoms. The van der Waals surface area contributed by atoms with Gasteiger partial charge in [-0.25, -0.2) is 0 Å². The van der Waals surface area contributed by atoms with Crippen molar-refractivity contribution in [1.82, 2.24) is 0 Å². The van der Waals surface area contributed by atoms with E-state index < -0.39 is 11.9 Å². The lowest BCUT2D eigenvalue weighted by molar-refractivity contribution is -0.0578. The molecule has 1 rings (SSSR count). The van der Waals surface area contributed by atoms with Crippen LogP contribution in [0.25, 0.3) is 5.57 Å². The first-order valence-electron chi connectivity index (χ1n) is 9.35. The average Bonchev–Trinajstić information content (AvgIpc) is 2.61. The van der Waals surface area contributed by atoms with E-state index in [2.05, 4.69) is 30.6 Å².